The number of carbonyl (C=O) groups excluding carboxylic acids is 1. The molecule has 8 heteroatoms. The van der Waals surface area contributed by atoms with Crippen LogP contribution >= 0.6 is 0 Å². The van der Waals surface area contributed by atoms with Crippen LogP contribution in [-0.2, 0) is 4.74 Å². The highest BCUT2D eigenvalue weighted by atomic mass is 16.6. The topological polar surface area (TPSA) is 119 Å². The summed E-state index contributed by atoms with van der Waals surface area (Å²) >= 11 is 0. The first-order valence-electron chi connectivity index (χ1n) is 6.65. The van der Waals surface area contributed by atoms with Gasteiger partial charge in [0, 0.05) is 19.0 Å². The number of rotatable bonds is 2. The van der Waals surface area contributed by atoms with Crippen LogP contribution in [0.25, 0.3) is 0 Å². The van der Waals surface area contributed by atoms with Crippen molar-refractivity contribution >= 4 is 17.9 Å². The third kappa shape index (κ3) is 3.26. The van der Waals surface area contributed by atoms with Gasteiger partial charge in [-0.15, -0.1) is 0 Å². The van der Waals surface area contributed by atoms with Gasteiger partial charge in [0.1, 0.15) is 11.2 Å². The summed E-state index contributed by atoms with van der Waals surface area (Å²) in [6.07, 6.45) is 0.156. The molecule has 0 radical (unpaired) electrons. The first-order valence-corrected chi connectivity index (χ1v) is 6.65. The molecule has 0 aliphatic carbocycles. The van der Waals surface area contributed by atoms with E-state index in [0.29, 0.717) is 19.5 Å². The maximum absolute atomic E-state index is 12.0. The molecule has 1 aromatic rings. The molecule has 1 aromatic heterocycles. The molecule has 1 fully saturated rings. The molecule has 0 saturated carbocycles. The van der Waals surface area contributed by atoms with Crippen LogP contribution in [0.4, 0.5) is 10.6 Å². The quantitative estimate of drug-likeness (QED) is 0.852. The van der Waals surface area contributed by atoms with Crippen molar-refractivity contribution < 1.29 is 24.0 Å². The lowest BCUT2D eigenvalue weighted by Crippen LogP contribution is -2.35. The van der Waals surface area contributed by atoms with Crippen molar-refractivity contribution in [2.75, 3.05) is 18.8 Å². The molecule has 1 unspecified atom stereocenters. The largest absolute Gasteiger partial charge is 0.477 e. The molecule has 3 N–H and O–H groups in total. The number of carbonyl (C=O) groups is 2. The van der Waals surface area contributed by atoms with Crippen LogP contribution in [0.3, 0.4) is 0 Å². The molecule has 116 valence electrons. The zero-order valence-corrected chi connectivity index (χ0v) is 12.3. The lowest BCUT2D eigenvalue weighted by atomic mass is 10.0. The van der Waals surface area contributed by atoms with E-state index < -0.39 is 17.7 Å². The molecule has 0 aromatic carbocycles. The van der Waals surface area contributed by atoms with E-state index in [1.807, 2.05) is 0 Å². The van der Waals surface area contributed by atoms with Gasteiger partial charge in [0.2, 0.25) is 0 Å². The molecular weight excluding hydrogens is 278 g/mol. The van der Waals surface area contributed by atoms with E-state index in [1.165, 1.54) is 4.90 Å². The van der Waals surface area contributed by atoms with Gasteiger partial charge >= 0.3 is 12.1 Å². The summed E-state index contributed by atoms with van der Waals surface area (Å²) in [6, 6.07) is 0. The number of ether oxygens (including phenoxy) is 1. The number of anilines is 1. The van der Waals surface area contributed by atoms with Crippen molar-refractivity contribution in [3.8, 4) is 0 Å². The standard InChI is InChI=1S/C13H19N3O5/c1-13(2,3)20-12(19)16-5-4-7(6-16)9-8(11(17)18)10(14)15-21-9/h7H,4-6H2,1-3H3,(H2,14,15)(H,17,18). The highest BCUT2D eigenvalue weighted by Gasteiger charge is 2.36. The van der Waals surface area contributed by atoms with E-state index in [9.17, 15) is 9.59 Å². The molecule has 1 atom stereocenters. The Kier molecular flexibility index (Phi) is 3.80. The Morgan fingerprint density at radius 2 is 2.14 bits per heavy atom. The number of hydrogen-bond acceptors (Lipinski definition) is 6. The fraction of sp³-hybridized carbons (Fsp3) is 0.615. The van der Waals surface area contributed by atoms with Gasteiger partial charge in [-0.05, 0) is 27.2 Å². The number of nitrogens with two attached hydrogens (primary N) is 1. The summed E-state index contributed by atoms with van der Waals surface area (Å²) in [7, 11) is 0. The number of carboxylic acid groups (broad SMARTS) is 1. The number of nitrogen functional groups attached to an aromatic ring is 1. The van der Waals surface area contributed by atoms with Crippen molar-refractivity contribution in [1.29, 1.82) is 0 Å². The predicted molar refractivity (Wildman–Crippen MR) is 73.0 cm³/mol. The maximum Gasteiger partial charge on any atom is 0.410 e. The summed E-state index contributed by atoms with van der Waals surface area (Å²) in [5.74, 6) is -1.35. The number of carboxylic acids is 1. The van der Waals surface area contributed by atoms with Crippen LogP contribution < -0.4 is 5.73 Å². The smallest absolute Gasteiger partial charge is 0.410 e. The third-order valence-electron chi connectivity index (χ3n) is 3.17. The Balaban J connectivity index is 2.10. The van der Waals surface area contributed by atoms with Crippen LogP contribution in [-0.4, -0.2) is 45.9 Å². The highest BCUT2D eigenvalue weighted by Crippen LogP contribution is 2.32. The lowest BCUT2D eigenvalue weighted by Gasteiger charge is -2.24. The van der Waals surface area contributed by atoms with Crippen LogP contribution in [0.2, 0.25) is 0 Å². The van der Waals surface area contributed by atoms with Gasteiger partial charge in [0.15, 0.2) is 11.6 Å². The summed E-state index contributed by atoms with van der Waals surface area (Å²) in [4.78, 5) is 24.7. The molecule has 1 aliphatic rings. The van der Waals surface area contributed by atoms with Crippen molar-refractivity contribution in [1.82, 2.24) is 10.1 Å². The minimum atomic E-state index is -1.18. The number of aromatic carboxylic acids is 1. The maximum atomic E-state index is 12.0. The van der Waals surface area contributed by atoms with E-state index >= 15 is 0 Å². The number of nitrogens with zero attached hydrogens (tertiary/aromatic N) is 2. The van der Waals surface area contributed by atoms with Crippen LogP contribution in [0.15, 0.2) is 4.52 Å². The fourth-order valence-corrected chi connectivity index (χ4v) is 2.28. The van der Waals surface area contributed by atoms with Gasteiger partial charge < -0.3 is 25.0 Å². The van der Waals surface area contributed by atoms with Crippen LogP contribution in [0.1, 0.15) is 49.2 Å². The minimum Gasteiger partial charge on any atom is -0.477 e. The summed E-state index contributed by atoms with van der Waals surface area (Å²) in [5.41, 5.74) is 4.81. The predicted octanol–water partition coefficient (Wildman–Crippen LogP) is 1.68. The number of hydrogen-bond donors (Lipinski definition) is 2. The average molecular weight is 297 g/mol. The molecule has 1 amide bonds. The summed E-state index contributed by atoms with van der Waals surface area (Å²) < 4.78 is 10.3. The number of likely N-dealkylation sites (tertiary alicyclic amines) is 1. The Hall–Kier alpha value is -2.25. The summed E-state index contributed by atoms with van der Waals surface area (Å²) in [5, 5.41) is 12.6. The van der Waals surface area contributed by atoms with Crippen molar-refractivity contribution in [3.63, 3.8) is 0 Å². The number of aromatic nitrogens is 1. The lowest BCUT2D eigenvalue weighted by molar-refractivity contribution is 0.0291. The zero-order chi connectivity index (χ0) is 15.8. The molecule has 21 heavy (non-hydrogen) atoms. The second-order valence-electron chi connectivity index (χ2n) is 6.02. The van der Waals surface area contributed by atoms with Crippen LogP contribution in [0, 0.1) is 0 Å². The molecule has 1 saturated heterocycles. The molecule has 0 spiro atoms. The van der Waals surface area contributed by atoms with E-state index in [4.69, 9.17) is 20.1 Å². The SMILES string of the molecule is CC(C)(C)OC(=O)N1CCC(c2onc(N)c2C(=O)O)C1. The molecule has 8 nitrogen and oxygen atoms in total. The monoisotopic (exact) mass is 297 g/mol. The van der Waals surface area contributed by atoms with Gasteiger partial charge in [-0.25, -0.2) is 9.59 Å². The molecule has 1 aliphatic heterocycles. The zero-order valence-electron chi connectivity index (χ0n) is 12.3. The Morgan fingerprint density at radius 1 is 1.48 bits per heavy atom. The summed E-state index contributed by atoms with van der Waals surface area (Å²) in [6.45, 7) is 6.16. The Labute approximate surface area is 121 Å². The minimum absolute atomic E-state index is 0.119. The van der Waals surface area contributed by atoms with Gasteiger partial charge in [0.05, 0.1) is 0 Å². The van der Waals surface area contributed by atoms with E-state index in [-0.39, 0.29) is 23.1 Å². The van der Waals surface area contributed by atoms with Crippen molar-refractivity contribution in [2.45, 2.75) is 38.7 Å². The number of amides is 1. The van der Waals surface area contributed by atoms with E-state index in [1.54, 1.807) is 20.8 Å². The van der Waals surface area contributed by atoms with E-state index in [0.717, 1.165) is 0 Å². The molecule has 2 heterocycles. The van der Waals surface area contributed by atoms with Gasteiger partial charge in [-0.3, -0.25) is 0 Å². The second kappa shape index (κ2) is 5.27. The molecular formula is C13H19N3O5. The fourth-order valence-electron chi connectivity index (χ4n) is 2.28. The Bertz CT molecular complexity index is 561. The Morgan fingerprint density at radius 3 is 2.71 bits per heavy atom. The first kappa shape index (κ1) is 15.1. The van der Waals surface area contributed by atoms with Crippen molar-refractivity contribution in [2.24, 2.45) is 0 Å². The van der Waals surface area contributed by atoms with E-state index in [2.05, 4.69) is 5.16 Å². The van der Waals surface area contributed by atoms with Crippen molar-refractivity contribution in [3.05, 3.63) is 11.3 Å². The average Bonchev–Trinajstić information content (AvgIpc) is 2.92. The van der Waals surface area contributed by atoms with Gasteiger partial charge in [0.25, 0.3) is 0 Å². The van der Waals surface area contributed by atoms with Gasteiger partial charge in [-0.1, -0.05) is 5.16 Å². The highest BCUT2D eigenvalue weighted by molar-refractivity contribution is 5.93. The van der Waals surface area contributed by atoms with Crippen LogP contribution in [0.5, 0.6) is 0 Å². The first-order chi connectivity index (χ1) is 9.69. The molecule has 0 bridgehead atoms. The molecule has 2 rings (SSSR count). The normalized spacial score (nSPS) is 18.8. The third-order valence-corrected chi connectivity index (χ3v) is 3.17. The second-order valence-corrected chi connectivity index (χ2v) is 6.02. The van der Waals surface area contributed by atoms with Gasteiger partial charge in [-0.2, -0.15) is 0 Å².